The predicted molar refractivity (Wildman–Crippen MR) is 127 cm³/mol. The normalized spacial score (nSPS) is 10.9. The van der Waals surface area contributed by atoms with E-state index < -0.39 is 11.9 Å². The number of amides is 1. The molecule has 0 atom stereocenters. The van der Waals surface area contributed by atoms with Gasteiger partial charge in [-0.15, -0.1) is 0 Å². The molecular weight excluding hydrogens is 482 g/mol. The van der Waals surface area contributed by atoms with Crippen LogP contribution >= 0.6 is 23.2 Å². The first-order valence-electron chi connectivity index (χ1n) is 9.78. The molecule has 0 aromatic heterocycles. The molecule has 0 aliphatic rings. The molecule has 0 spiro atoms. The van der Waals surface area contributed by atoms with E-state index in [2.05, 4.69) is 10.1 Å². The maximum Gasteiger partial charge on any atom is 0.337 e. The van der Waals surface area contributed by atoms with Crippen molar-refractivity contribution in [3.05, 3.63) is 98.8 Å². The van der Waals surface area contributed by atoms with E-state index in [1.54, 1.807) is 12.1 Å². The van der Waals surface area contributed by atoms with Gasteiger partial charge in [0.1, 0.15) is 24.1 Å². The molecule has 9 heteroatoms. The Morgan fingerprint density at radius 2 is 1.68 bits per heavy atom. The van der Waals surface area contributed by atoms with E-state index in [4.69, 9.17) is 27.9 Å². The van der Waals surface area contributed by atoms with Gasteiger partial charge in [-0.25, -0.2) is 9.18 Å². The number of carbonyl (C=O) groups is 2. The van der Waals surface area contributed by atoms with Gasteiger partial charge in [0.05, 0.1) is 22.7 Å². The molecule has 0 radical (unpaired) electrons. The number of methoxy groups -OCH3 is 1. The first-order chi connectivity index (χ1) is 16.3. The Labute approximate surface area is 205 Å². The standard InChI is InChI=1S/C25H17Cl2FN2O4/c1-33-25(32)17-4-8-20(9-5-17)30-24(31)18(13-29)10-16-11-21(26)23(22(27)12-16)34-14-15-2-6-19(28)7-3-15/h2-12H,14H2,1H3,(H,30,31)/b18-10+. The van der Waals surface area contributed by atoms with Gasteiger partial charge in [0.15, 0.2) is 5.75 Å². The van der Waals surface area contributed by atoms with E-state index in [9.17, 15) is 19.2 Å². The van der Waals surface area contributed by atoms with Gasteiger partial charge in [-0.05, 0) is 65.7 Å². The molecule has 0 fully saturated rings. The third kappa shape index (κ3) is 6.35. The largest absolute Gasteiger partial charge is 0.486 e. The Bertz CT molecular complexity index is 1260. The Kier molecular flexibility index (Phi) is 8.25. The third-order valence-electron chi connectivity index (χ3n) is 4.56. The summed E-state index contributed by atoms with van der Waals surface area (Å²) >= 11 is 12.6. The summed E-state index contributed by atoms with van der Waals surface area (Å²) in [6, 6.07) is 16.6. The minimum atomic E-state index is -0.655. The molecule has 1 amide bonds. The summed E-state index contributed by atoms with van der Waals surface area (Å²) in [7, 11) is 1.27. The van der Waals surface area contributed by atoms with Crippen LogP contribution in [0.3, 0.4) is 0 Å². The van der Waals surface area contributed by atoms with E-state index in [-0.39, 0.29) is 33.8 Å². The van der Waals surface area contributed by atoms with Gasteiger partial charge in [0, 0.05) is 5.69 Å². The van der Waals surface area contributed by atoms with Crippen LogP contribution in [0, 0.1) is 17.1 Å². The van der Waals surface area contributed by atoms with E-state index in [1.807, 2.05) is 6.07 Å². The second-order valence-corrected chi connectivity index (χ2v) is 7.74. The summed E-state index contributed by atoms with van der Waals surface area (Å²) in [5, 5.41) is 12.4. The Morgan fingerprint density at radius 3 is 2.24 bits per heavy atom. The summed E-state index contributed by atoms with van der Waals surface area (Å²) in [6.07, 6.45) is 1.33. The molecule has 0 saturated heterocycles. The number of esters is 1. The molecule has 3 aromatic carbocycles. The number of ether oxygens (including phenoxy) is 2. The number of nitrogens with zero attached hydrogens (tertiary/aromatic N) is 1. The summed E-state index contributed by atoms with van der Waals surface area (Å²) in [6.45, 7) is 0.121. The number of benzene rings is 3. The van der Waals surface area contributed by atoms with Crippen LogP contribution in [0.5, 0.6) is 5.75 Å². The zero-order valence-corrected chi connectivity index (χ0v) is 19.3. The molecule has 0 heterocycles. The Balaban J connectivity index is 1.73. The van der Waals surface area contributed by atoms with Crippen molar-refractivity contribution in [1.29, 1.82) is 5.26 Å². The first-order valence-corrected chi connectivity index (χ1v) is 10.5. The molecular formula is C25H17Cl2FN2O4. The zero-order chi connectivity index (χ0) is 24.7. The van der Waals surface area contributed by atoms with Gasteiger partial charge >= 0.3 is 5.97 Å². The molecule has 172 valence electrons. The Hall–Kier alpha value is -3.86. The SMILES string of the molecule is COC(=O)c1ccc(NC(=O)/C(C#N)=C/c2cc(Cl)c(OCc3ccc(F)cc3)c(Cl)c2)cc1. The number of halogens is 3. The highest BCUT2D eigenvalue weighted by atomic mass is 35.5. The molecule has 0 aliphatic heterocycles. The number of nitrogens with one attached hydrogen (secondary N) is 1. The van der Waals surface area contributed by atoms with Gasteiger partial charge in [-0.2, -0.15) is 5.26 Å². The maximum atomic E-state index is 13.0. The van der Waals surface area contributed by atoms with Crippen LogP contribution in [0.25, 0.3) is 6.08 Å². The van der Waals surface area contributed by atoms with Gasteiger partial charge < -0.3 is 14.8 Å². The van der Waals surface area contributed by atoms with Crippen LogP contribution in [0.2, 0.25) is 10.0 Å². The van der Waals surface area contributed by atoms with Crippen molar-refractivity contribution in [2.75, 3.05) is 12.4 Å². The highest BCUT2D eigenvalue weighted by molar-refractivity contribution is 6.37. The number of hydrogen-bond acceptors (Lipinski definition) is 5. The van der Waals surface area contributed by atoms with Crippen LogP contribution in [0.15, 0.2) is 66.2 Å². The lowest BCUT2D eigenvalue weighted by Gasteiger charge is -2.11. The highest BCUT2D eigenvalue weighted by Gasteiger charge is 2.14. The Morgan fingerprint density at radius 1 is 1.06 bits per heavy atom. The predicted octanol–water partition coefficient (Wildman–Crippen LogP) is 6.04. The summed E-state index contributed by atoms with van der Waals surface area (Å²) in [5.74, 6) is -1.29. The van der Waals surface area contributed by atoms with Gasteiger partial charge in [-0.3, -0.25) is 4.79 Å². The minimum absolute atomic E-state index is 0.121. The molecule has 6 nitrogen and oxygen atoms in total. The van der Waals surface area contributed by atoms with E-state index in [0.717, 1.165) is 5.56 Å². The summed E-state index contributed by atoms with van der Waals surface area (Å²) in [5.41, 5.74) is 1.66. The van der Waals surface area contributed by atoms with Crippen LogP contribution in [-0.4, -0.2) is 19.0 Å². The second-order valence-electron chi connectivity index (χ2n) is 6.92. The van der Waals surface area contributed by atoms with Crippen molar-refractivity contribution in [3.8, 4) is 11.8 Å². The third-order valence-corrected chi connectivity index (χ3v) is 5.12. The van der Waals surface area contributed by atoms with Gasteiger partial charge in [0.2, 0.25) is 0 Å². The number of rotatable bonds is 7. The number of carbonyl (C=O) groups excluding carboxylic acids is 2. The first kappa shape index (κ1) is 24.8. The van der Waals surface area contributed by atoms with Crippen molar-refractivity contribution in [2.24, 2.45) is 0 Å². The zero-order valence-electron chi connectivity index (χ0n) is 17.8. The average Bonchev–Trinajstić information content (AvgIpc) is 2.83. The second kappa shape index (κ2) is 11.3. The molecule has 0 unspecified atom stereocenters. The molecule has 3 aromatic rings. The van der Waals surface area contributed by atoms with Crippen LogP contribution < -0.4 is 10.1 Å². The molecule has 1 N–H and O–H groups in total. The molecule has 34 heavy (non-hydrogen) atoms. The average molecular weight is 499 g/mol. The molecule has 3 rings (SSSR count). The topological polar surface area (TPSA) is 88.4 Å². The summed E-state index contributed by atoms with van der Waals surface area (Å²) in [4.78, 5) is 24.0. The smallest absolute Gasteiger partial charge is 0.337 e. The highest BCUT2D eigenvalue weighted by Crippen LogP contribution is 2.35. The number of anilines is 1. The lowest BCUT2D eigenvalue weighted by atomic mass is 10.1. The maximum absolute atomic E-state index is 13.0. The van der Waals surface area contributed by atoms with Crippen LogP contribution in [0.4, 0.5) is 10.1 Å². The molecule has 0 saturated carbocycles. The quantitative estimate of drug-likeness (QED) is 0.243. The molecule has 0 bridgehead atoms. The minimum Gasteiger partial charge on any atom is -0.486 e. The van der Waals surface area contributed by atoms with Gasteiger partial charge in [0.25, 0.3) is 5.91 Å². The van der Waals surface area contributed by atoms with Crippen LogP contribution in [0.1, 0.15) is 21.5 Å². The van der Waals surface area contributed by atoms with Crippen molar-refractivity contribution in [3.63, 3.8) is 0 Å². The van der Waals surface area contributed by atoms with Crippen molar-refractivity contribution in [2.45, 2.75) is 6.61 Å². The van der Waals surface area contributed by atoms with E-state index >= 15 is 0 Å². The van der Waals surface area contributed by atoms with Crippen molar-refractivity contribution in [1.82, 2.24) is 0 Å². The fourth-order valence-electron chi connectivity index (χ4n) is 2.86. The lowest BCUT2D eigenvalue weighted by molar-refractivity contribution is -0.112. The fraction of sp³-hybridized carbons (Fsp3) is 0.0800. The van der Waals surface area contributed by atoms with Crippen molar-refractivity contribution >= 4 is 46.8 Å². The fourth-order valence-corrected chi connectivity index (χ4v) is 3.47. The van der Waals surface area contributed by atoms with E-state index in [1.165, 1.54) is 61.7 Å². The van der Waals surface area contributed by atoms with Gasteiger partial charge in [-0.1, -0.05) is 35.3 Å². The van der Waals surface area contributed by atoms with Crippen molar-refractivity contribution < 1.29 is 23.5 Å². The molecule has 0 aliphatic carbocycles. The summed E-state index contributed by atoms with van der Waals surface area (Å²) < 4.78 is 23.3. The van der Waals surface area contributed by atoms with Crippen LogP contribution in [-0.2, 0) is 16.1 Å². The number of hydrogen-bond donors (Lipinski definition) is 1. The monoisotopic (exact) mass is 498 g/mol. The number of nitriles is 1. The lowest BCUT2D eigenvalue weighted by Crippen LogP contribution is -2.13. The van der Waals surface area contributed by atoms with E-state index in [0.29, 0.717) is 16.8 Å².